The molecule has 1 saturated heterocycles. The fraction of sp³-hybridized carbons (Fsp3) is 0.538. The fourth-order valence-corrected chi connectivity index (χ4v) is 2.95. The standard InChI is InChI=1S/C13H19BrN2O/c1-8-3-13(17)10(5-11(8)14)12-4-9(6-15)7-16(12)2/h3,5,9,12,17H,4,6-7,15H2,1-2H3. The highest BCUT2D eigenvalue weighted by Gasteiger charge is 2.31. The predicted molar refractivity (Wildman–Crippen MR) is 73.1 cm³/mol. The highest BCUT2D eigenvalue weighted by molar-refractivity contribution is 9.10. The van der Waals surface area contributed by atoms with Gasteiger partial charge in [-0.25, -0.2) is 0 Å². The van der Waals surface area contributed by atoms with Gasteiger partial charge in [0, 0.05) is 22.6 Å². The molecule has 3 nitrogen and oxygen atoms in total. The number of hydrogen-bond acceptors (Lipinski definition) is 3. The van der Waals surface area contributed by atoms with Crippen molar-refractivity contribution in [3.05, 3.63) is 27.7 Å². The van der Waals surface area contributed by atoms with Gasteiger partial charge in [-0.15, -0.1) is 0 Å². The number of phenolic OH excluding ortho intramolecular Hbond substituents is 1. The topological polar surface area (TPSA) is 49.5 Å². The van der Waals surface area contributed by atoms with E-state index in [2.05, 4.69) is 27.9 Å². The molecule has 2 unspecified atom stereocenters. The molecule has 4 heteroatoms. The van der Waals surface area contributed by atoms with E-state index in [0.717, 1.165) is 28.6 Å². The van der Waals surface area contributed by atoms with E-state index in [1.165, 1.54) is 0 Å². The smallest absolute Gasteiger partial charge is 0.120 e. The summed E-state index contributed by atoms with van der Waals surface area (Å²) >= 11 is 3.53. The number of benzene rings is 1. The van der Waals surface area contributed by atoms with Gasteiger partial charge in [0.25, 0.3) is 0 Å². The summed E-state index contributed by atoms with van der Waals surface area (Å²) in [5.41, 5.74) is 7.79. The molecule has 0 spiro atoms. The molecule has 0 saturated carbocycles. The van der Waals surface area contributed by atoms with Gasteiger partial charge < -0.3 is 10.8 Å². The Morgan fingerprint density at radius 1 is 1.53 bits per heavy atom. The summed E-state index contributed by atoms with van der Waals surface area (Å²) in [4.78, 5) is 2.27. The van der Waals surface area contributed by atoms with Crippen molar-refractivity contribution in [3.8, 4) is 5.75 Å². The monoisotopic (exact) mass is 298 g/mol. The second-order valence-electron chi connectivity index (χ2n) is 4.95. The highest BCUT2D eigenvalue weighted by atomic mass is 79.9. The summed E-state index contributed by atoms with van der Waals surface area (Å²) in [6.45, 7) is 3.70. The van der Waals surface area contributed by atoms with Gasteiger partial charge in [0.05, 0.1) is 0 Å². The number of nitrogens with zero attached hydrogens (tertiary/aromatic N) is 1. The third-order valence-electron chi connectivity index (χ3n) is 3.64. The van der Waals surface area contributed by atoms with Crippen molar-refractivity contribution in [1.29, 1.82) is 0 Å². The van der Waals surface area contributed by atoms with Gasteiger partial charge in [0.15, 0.2) is 0 Å². The second-order valence-corrected chi connectivity index (χ2v) is 5.81. The summed E-state index contributed by atoms with van der Waals surface area (Å²) < 4.78 is 1.05. The van der Waals surface area contributed by atoms with E-state index in [1.54, 1.807) is 0 Å². The molecule has 1 aromatic rings. The van der Waals surface area contributed by atoms with Crippen LogP contribution in [0.25, 0.3) is 0 Å². The molecular weight excluding hydrogens is 280 g/mol. The van der Waals surface area contributed by atoms with Crippen LogP contribution in [-0.2, 0) is 0 Å². The van der Waals surface area contributed by atoms with Gasteiger partial charge in [0.2, 0.25) is 0 Å². The van der Waals surface area contributed by atoms with Crippen molar-refractivity contribution >= 4 is 15.9 Å². The zero-order chi connectivity index (χ0) is 12.6. The number of aromatic hydroxyl groups is 1. The Morgan fingerprint density at radius 3 is 2.82 bits per heavy atom. The first-order valence-electron chi connectivity index (χ1n) is 5.92. The van der Waals surface area contributed by atoms with Gasteiger partial charge in [-0.3, -0.25) is 4.90 Å². The molecule has 1 heterocycles. The average Bonchev–Trinajstić information content (AvgIpc) is 2.65. The second kappa shape index (κ2) is 4.96. The Morgan fingerprint density at radius 2 is 2.24 bits per heavy atom. The zero-order valence-electron chi connectivity index (χ0n) is 10.3. The molecule has 2 rings (SSSR count). The molecule has 0 amide bonds. The van der Waals surface area contributed by atoms with E-state index in [1.807, 2.05) is 19.1 Å². The quantitative estimate of drug-likeness (QED) is 0.881. The van der Waals surface area contributed by atoms with E-state index in [9.17, 15) is 5.11 Å². The summed E-state index contributed by atoms with van der Waals surface area (Å²) in [5.74, 6) is 0.921. The first kappa shape index (κ1) is 12.9. The summed E-state index contributed by atoms with van der Waals surface area (Å²) in [7, 11) is 2.09. The number of aryl methyl sites for hydroxylation is 1. The molecule has 1 aliphatic heterocycles. The third kappa shape index (κ3) is 2.49. The maximum Gasteiger partial charge on any atom is 0.120 e. The molecule has 94 valence electrons. The molecule has 2 atom stereocenters. The first-order valence-corrected chi connectivity index (χ1v) is 6.71. The van der Waals surface area contributed by atoms with Crippen LogP contribution in [0, 0.1) is 12.8 Å². The molecule has 3 N–H and O–H groups in total. The summed E-state index contributed by atoms with van der Waals surface area (Å²) in [5, 5.41) is 10.1. The van der Waals surface area contributed by atoms with Crippen LogP contribution in [0.3, 0.4) is 0 Å². The van der Waals surface area contributed by atoms with Crippen molar-refractivity contribution in [2.24, 2.45) is 11.7 Å². The maximum absolute atomic E-state index is 10.1. The van der Waals surface area contributed by atoms with E-state index < -0.39 is 0 Å². The number of halogens is 1. The van der Waals surface area contributed by atoms with Crippen LogP contribution in [0.5, 0.6) is 5.75 Å². The van der Waals surface area contributed by atoms with Gasteiger partial charge in [-0.2, -0.15) is 0 Å². The summed E-state index contributed by atoms with van der Waals surface area (Å²) in [6.07, 6.45) is 1.02. The summed E-state index contributed by atoms with van der Waals surface area (Å²) in [6, 6.07) is 4.13. The van der Waals surface area contributed by atoms with Crippen LogP contribution in [0.4, 0.5) is 0 Å². The molecule has 1 aliphatic rings. The Bertz CT molecular complexity index is 422. The van der Waals surface area contributed by atoms with Crippen LogP contribution in [0.15, 0.2) is 16.6 Å². The van der Waals surface area contributed by atoms with Gasteiger partial charge in [-0.05, 0) is 50.6 Å². The first-order chi connectivity index (χ1) is 8.02. The normalized spacial score (nSPS) is 25.4. The van der Waals surface area contributed by atoms with Crippen LogP contribution in [0.2, 0.25) is 0 Å². The van der Waals surface area contributed by atoms with Crippen LogP contribution in [-0.4, -0.2) is 30.1 Å². The fourth-order valence-electron chi connectivity index (χ4n) is 2.59. The van der Waals surface area contributed by atoms with Crippen molar-refractivity contribution in [2.75, 3.05) is 20.1 Å². The molecular formula is C13H19BrN2O. The average molecular weight is 299 g/mol. The number of phenols is 1. The molecule has 17 heavy (non-hydrogen) atoms. The Kier molecular flexibility index (Phi) is 3.76. The Hall–Kier alpha value is -0.580. The number of rotatable bonds is 2. The van der Waals surface area contributed by atoms with Crippen molar-refractivity contribution in [1.82, 2.24) is 4.90 Å². The molecule has 1 fully saturated rings. The lowest BCUT2D eigenvalue weighted by Gasteiger charge is -2.21. The largest absolute Gasteiger partial charge is 0.508 e. The lowest BCUT2D eigenvalue weighted by atomic mass is 9.98. The minimum atomic E-state index is 0.278. The molecule has 0 aliphatic carbocycles. The number of hydrogen-bond donors (Lipinski definition) is 2. The molecule has 1 aromatic carbocycles. The van der Waals surface area contributed by atoms with E-state index in [0.29, 0.717) is 18.2 Å². The van der Waals surface area contributed by atoms with E-state index in [-0.39, 0.29) is 6.04 Å². The van der Waals surface area contributed by atoms with Gasteiger partial charge >= 0.3 is 0 Å². The Labute approximate surface area is 111 Å². The lowest BCUT2D eigenvalue weighted by Crippen LogP contribution is -2.20. The van der Waals surface area contributed by atoms with Crippen molar-refractivity contribution in [2.45, 2.75) is 19.4 Å². The predicted octanol–water partition coefficient (Wildman–Crippen LogP) is 2.41. The Balaban J connectivity index is 2.31. The van der Waals surface area contributed by atoms with E-state index in [4.69, 9.17) is 5.73 Å². The minimum absolute atomic E-state index is 0.278. The van der Waals surface area contributed by atoms with Crippen LogP contribution in [0.1, 0.15) is 23.6 Å². The van der Waals surface area contributed by atoms with Gasteiger partial charge in [-0.1, -0.05) is 15.9 Å². The lowest BCUT2D eigenvalue weighted by molar-refractivity contribution is 0.305. The number of likely N-dealkylation sites (tertiary alicyclic amines) is 1. The van der Waals surface area contributed by atoms with Crippen molar-refractivity contribution < 1.29 is 5.11 Å². The SMILES string of the molecule is Cc1cc(O)c(C2CC(CN)CN2C)cc1Br. The minimum Gasteiger partial charge on any atom is -0.508 e. The van der Waals surface area contributed by atoms with Crippen LogP contribution < -0.4 is 5.73 Å². The highest BCUT2D eigenvalue weighted by Crippen LogP contribution is 2.39. The molecule has 0 aromatic heterocycles. The number of nitrogens with two attached hydrogens (primary N) is 1. The van der Waals surface area contributed by atoms with Crippen molar-refractivity contribution in [3.63, 3.8) is 0 Å². The van der Waals surface area contributed by atoms with E-state index >= 15 is 0 Å². The zero-order valence-corrected chi connectivity index (χ0v) is 11.9. The third-order valence-corrected chi connectivity index (χ3v) is 4.49. The molecule has 0 bridgehead atoms. The molecule has 0 radical (unpaired) electrons. The van der Waals surface area contributed by atoms with Crippen LogP contribution >= 0.6 is 15.9 Å². The maximum atomic E-state index is 10.1. The van der Waals surface area contributed by atoms with Gasteiger partial charge in [0.1, 0.15) is 5.75 Å².